The van der Waals surface area contributed by atoms with Crippen molar-refractivity contribution in [3.63, 3.8) is 0 Å². The first-order valence-electron chi connectivity index (χ1n) is 7.82. The lowest BCUT2D eigenvalue weighted by atomic mass is 10.1. The fourth-order valence-corrected chi connectivity index (χ4v) is 2.48. The van der Waals surface area contributed by atoms with E-state index >= 15 is 0 Å². The number of nitrogens with zero attached hydrogens (tertiary/aromatic N) is 1. The number of amides is 1. The molecule has 0 fully saturated rings. The second-order valence-electron chi connectivity index (χ2n) is 5.49. The van der Waals surface area contributed by atoms with Crippen LogP contribution in [-0.2, 0) is 4.74 Å². The van der Waals surface area contributed by atoms with E-state index in [-0.39, 0.29) is 0 Å². The molecule has 0 radical (unpaired) electrons. The van der Waals surface area contributed by atoms with E-state index in [1.165, 1.54) is 24.3 Å². The molecule has 2 rings (SSSR count). The maximum absolute atomic E-state index is 12.9. The first-order valence-corrected chi connectivity index (χ1v) is 7.82. The number of carbonyl (C=O) groups is 2. The lowest BCUT2D eigenvalue weighted by Crippen LogP contribution is -2.19. The molecule has 1 aromatic carbocycles. The van der Waals surface area contributed by atoms with Crippen LogP contribution in [0.15, 0.2) is 29.4 Å². The van der Waals surface area contributed by atoms with Gasteiger partial charge in [-0.2, -0.15) is 5.10 Å². The summed E-state index contributed by atoms with van der Waals surface area (Å²) < 4.78 is 17.9. The minimum atomic E-state index is -0.453. The van der Waals surface area contributed by atoms with E-state index < -0.39 is 17.7 Å². The van der Waals surface area contributed by atoms with Gasteiger partial charge in [-0.05, 0) is 57.5 Å². The fourth-order valence-electron chi connectivity index (χ4n) is 2.48. The molecule has 25 heavy (non-hydrogen) atoms. The maximum Gasteiger partial charge on any atom is 0.340 e. The van der Waals surface area contributed by atoms with Gasteiger partial charge in [0.2, 0.25) is 0 Å². The summed E-state index contributed by atoms with van der Waals surface area (Å²) in [6.45, 7) is 7.30. The van der Waals surface area contributed by atoms with Gasteiger partial charge < -0.3 is 9.72 Å². The molecule has 2 aromatic rings. The summed E-state index contributed by atoms with van der Waals surface area (Å²) in [6, 6.07) is 5.15. The first kappa shape index (κ1) is 18.4. The van der Waals surface area contributed by atoms with Crippen LogP contribution < -0.4 is 5.43 Å². The molecule has 0 spiro atoms. The molecule has 0 unspecified atom stereocenters. The van der Waals surface area contributed by atoms with Crippen molar-refractivity contribution < 1.29 is 18.7 Å². The first-order chi connectivity index (χ1) is 11.8. The molecule has 0 aliphatic carbocycles. The predicted octanol–water partition coefficient (Wildman–Crippen LogP) is 3.10. The molecule has 0 saturated heterocycles. The van der Waals surface area contributed by atoms with Gasteiger partial charge in [0.25, 0.3) is 5.91 Å². The second-order valence-corrected chi connectivity index (χ2v) is 5.49. The Balaban J connectivity index is 2.19. The molecule has 1 amide bonds. The number of halogens is 1. The topological polar surface area (TPSA) is 83.6 Å². The van der Waals surface area contributed by atoms with Crippen molar-refractivity contribution >= 4 is 17.6 Å². The Morgan fingerprint density at radius 3 is 2.48 bits per heavy atom. The summed E-state index contributed by atoms with van der Waals surface area (Å²) in [6.07, 6.45) is 0. The van der Waals surface area contributed by atoms with Crippen molar-refractivity contribution in [3.8, 4) is 0 Å². The maximum atomic E-state index is 12.9. The average molecular weight is 345 g/mol. The Morgan fingerprint density at radius 1 is 1.24 bits per heavy atom. The third kappa shape index (κ3) is 4.12. The van der Waals surface area contributed by atoms with E-state index in [9.17, 15) is 14.0 Å². The quantitative estimate of drug-likeness (QED) is 0.496. The van der Waals surface area contributed by atoms with Crippen molar-refractivity contribution in [2.24, 2.45) is 5.10 Å². The highest BCUT2D eigenvalue weighted by Crippen LogP contribution is 2.19. The molecule has 2 N–H and O–H groups in total. The van der Waals surface area contributed by atoms with E-state index in [1.807, 2.05) is 0 Å². The SMILES string of the molecule is CCOC(=O)c1c(C)[nH]c(C(C)=NNC(=O)c2ccc(F)cc2)c1C. The zero-order valence-electron chi connectivity index (χ0n) is 14.6. The van der Waals surface area contributed by atoms with Crippen LogP contribution in [0.2, 0.25) is 0 Å². The number of nitrogens with one attached hydrogen (secondary N) is 2. The number of esters is 1. The number of carbonyl (C=O) groups excluding carboxylic acids is 2. The predicted molar refractivity (Wildman–Crippen MR) is 92.3 cm³/mol. The molecular formula is C18H20FN3O3. The van der Waals surface area contributed by atoms with Crippen LogP contribution in [0.5, 0.6) is 0 Å². The molecule has 0 aliphatic heterocycles. The molecule has 0 aliphatic rings. The lowest BCUT2D eigenvalue weighted by molar-refractivity contribution is 0.0525. The molecule has 1 heterocycles. The number of hydrogen-bond acceptors (Lipinski definition) is 4. The number of rotatable bonds is 5. The van der Waals surface area contributed by atoms with Crippen molar-refractivity contribution in [2.45, 2.75) is 27.7 Å². The Kier molecular flexibility index (Phi) is 5.69. The minimum absolute atomic E-state index is 0.291. The Labute approximate surface area is 145 Å². The molecule has 0 saturated carbocycles. The van der Waals surface area contributed by atoms with E-state index in [0.717, 1.165) is 0 Å². The smallest absolute Gasteiger partial charge is 0.340 e. The van der Waals surface area contributed by atoms with E-state index in [4.69, 9.17) is 4.74 Å². The number of hydrogen-bond donors (Lipinski definition) is 2. The third-order valence-corrected chi connectivity index (χ3v) is 3.71. The second kappa shape index (κ2) is 7.74. The molecule has 0 atom stereocenters. The van der Waals surface area contributed by atoms with Gasteiger partial charge in [0.1, 0.15) is 5.82 Å². The van der Waals surface area contributed by atoms with Gasteiger partial charge in [-0.1, -0.05) is 0 Å². The molecule has 7 heteroatoms. The molecule has 1 aromatic heterocycles. The van der Waals surface area contributed by atoms with Gasteiger partial charge in [0, 0.05) is 11.3 Å². The van der Waals surface area contributed by atoms with Crippen LogP contribution >= 0.6 is 0 Å². The minimum Gasteiger partial charge on any atom is -0.462 e. The standard InChI is InChI=1S/C18H20FN3O3/c1-5-25-18(24)15-10(2)16(20-11(15)3)12(4)21-22-17(23)13-6-8-14(19)9-7-13/h6-9,20H,5H2,1-4H3,(H,22,23). The van der Waals surface area contributed by atoms with E-state index in [2.05, 4.69) is 15.5 Å². The van der Waals surface area contributed by atoms with Crippen LogP contribution in [-0.4, -0.2) is 29.2 Å². The number of H-pyrrole nitrogens is 1. The number of ether oxygens (including phenoxy) is 1. The normalized spacial score (nSPS) is 11.3. The monoisotopic (exact) mass is 345 g/mol. The summed E-state index contributed by atoms with van der Waals surface area (Å²) >= 11 is 0. The van der Waals surface area contributed by atoms with Crippen LogP contribution in [0.1, 0.15) is 51.5 Å². The van der Waals surface area contributed by atoms with Crippen LogP contribution in [0.25, 0.3) is 0 Å². The van der Waals surface area contributed by atoms with Gasteiger partial charge in [0.15, 0.2) is 0 Å². The third-order valence-electron chi connectivity index (χ3n) is 3.71. The summed E-state index contributed by atoms with van der Waals surface area (Å²) in [5.41, 5.74) is 5.70. The highest BCUT2D eigenvalue weighted by molar-refractivity contribution is 6.04. The molecule has 6 nitrogen and oxygen atoms in total. The summed E-state index contributed by atoms with van der Waals surface area (Å²) in [5, 5.41) is 4.05. The van der Waals surface area contributed by atoms with Gasteiger partial charge in [-0.25, -0.2) is 14.6 Å². The number of benzene rings is 1. The molecular weight excluding hydrogens is 325 g/mol. The van der Waals surface area contributed by atoms with Crippen molar-refractivity contribution in [3.05, 3.63) is 58.2 Å². The van der Waals surface area contributed by atoms with Crippen LogP contribution in [0, 0.1) is 19.7 Å². The van der Waals surface area contributed by atoms with Crippen LogP contribution in [0.4, 0.5) is 4.39 Å². The van der Waals surface area contributed by atoms with Gasteiger partial charge in [-0.15, -0.1) is 0 Å². The number of aromatic amines is 1. The zero-order valence-corrected chi connectivity index (χ0v) is 14.6. The van der Waals surface area contributed by atoms with Gasteiger partial charge in [0.05, 0.1) is 23.6 Å². The zero-order chi connectivity index (χ0) is 18.6. The van der Waals surface area contributed by atoms with E-state index in [1.54, 1.807) is 27.7 Å². The summed E-state index contributed by atoms with van der Waals surface area (Å²) in [7, 11) is 0. The van der Waals surface area contributed by atoms with Crippen molar-refractivity contribution in [1.82, 2.24) is 10.4 Å². The van der Waals surface area contributed by atoms with Gasteiger partial charge >= 0.3 is 5.97 Å². The summed E-state index contributed by atoms with van der Waals surface area (Å²) in [5.74, 6) is -1.27. The summed E-state index contributed by atoms with van der Waals surface area (Å²) in [4.78, 5) is 27.1. The Morgan fingerprint density at radius 2 is 1.88 bits per heavy atom. The Bertz CT molecular complexity index is 823. The van der Waals surface area contributed by atoms with Crippen molar-refractivity contribution in [1.29, 1.82) is 0 Å². The lowest BCUT2D eigenvalue weighted by Gasteiger charge is -2.04. The Hall–Kier alpha value is -2.96. The van der Waals surface area contributed by atoms with Crippen molar-refractivity contribution in [2.75, 3.05) is 6.61 Å². The molecule has 132 valence electrons. The molecule has 0 bridgehead atoms. The highest BCUT2D eigenvalue weighted by atomic mass is 19.1. The van der Waals surface area contributed by atoms with E-state index in [0.29, 0.717) is 40.4 Å². The fraction of sp³-hybridized carbons (Fsp3) is 0.278. The number of aryl methyl sites for hydroxylation is 1. The average Bonchev–Trinajstić information content (AvgIpc) is 2.88. The number of aromatic nitrogens is 1. The van der Waals surface area contributed by atoms with Gasteiger partial charge in [-0.3, -0.25) is 4.79 Å². The van der Waals surface area contributed by atoms with Crippen LogP contribution in [0.3, 0.4) is 0 Å². The number of hydrazone groups is 1. The largest absolute Gasteiger partial charge is 0.462 e. The highest BCUT2D eigenvalue weighted by Gasteiger charge is 2.20.